The smallest absolute Gasteiger partial charge is 0.258 e. The molecule has 2 aromatic rings. The van der Waals surface area contributed by atoms with Crippen molar-refractivity contribution in [2.24, 2.45) is 0 Å². The minimum atomic E-state index is -0.381. The van der Waals surface area contributed by atoms with Crippen LogP contribution in [0.5, 0.6) is 0 Å². The van der Waals surface area contributed by atoms with Crippen LogP contribution in [0.2, 0.25) is 0 Å². The van der Waals surface area contributed by atoms with Gasteiger partial charge in [-0.1, -0.05) is 42.5 Å². The quantitative estimate of drug-likeness (QED) is 0.856. The minimum absolute atomic E-state index is 0.221. The number of imide groups is 1. The molecule has 2 aromatic carbocycles. The minimum Gasteiger partial charge on any atom is -0.349 e. The third-order valence-corrected chi connectivity index (χ3v) is 3.69. The van der Waals surface area contributed by atoms with Gasteiger partial charge in [0, 0.05) is 24.3 Å². The second-order valence-electron chi connectivity index (χ2n) is 5.42. The van der Waals surface area contributed by atoms with Crippen LogP contribution in [0, 0.1) is 0 Å². The van der Waals surface area contributed by atoms with Gasteiger partial charge in [0.1, 0.15) is 0 Å². The molecule has 1 heterocycles. The number of benzene rings is 2. The van der Waals surface area contributed by atoms with Gasteiger partial charge in [-0.15, -0.1) is 0 Å². The van der Waals surface area contributed by atoms with Crippen LogP contribution in [-0.2, 0) is 9.59 Å². The highest BCUT2D eigenvalue weighted by Crippen LogP contribution is 2.19. The standard InChI is InChI=1S/C20H16N2O3/c23-18-12-13-19(24)22(18)17-10-8-16(9-11-17)20(25)21-14-4-7-15-5-2-1-3-6-15/h1-13H,14H2,(H,21,25). The van der Waals surface area contributed by atoms with E-state index in [-0.39, 0.29) is 17.7 Å². The van der Waals surface area contributed by atoms with E-state index in [1.165, 1.54) is 12.2 Å². The molecule has 0 bridgehead atoms. The maximum absolute atomic E-state index is 12.1. The number of carbonyl (C=O) groups excluding carboxylic acids is 3. The Morgan fingerprint density at radius 2 is 1.56 bits per heavy atom. The van der Waals surface area contributed by atoms with Gasteiger partial charge < -0.3 is 5.32 Å². The Morgan fingerprint density at radius 3 is 2.20 bits per heavy atom. The fourth-order valence-electron chi connectivity index (χ4n) is 2.43. The molecule has 0 atom stereocenters. The highest BCUT2D eigenvalue weighted by molar-refractivity contribution is 6.28. The van der Waals surface area contributed by atoms with Crippen molar-refractivity contribution in [1.29, 1.82) is 0 Å². The molecule has 0 aliphatic carbocycles. The third kappa shape index (κ3) is 3.90. The SMILES string of the molecule is O=C(NCC=Cc1ccccc1)c1ccc(N2C(=O)C=CC2=O)cc1. The molecule has 1 aliphatic heterocycles. The molecule has 5 nitrogen and oxygen atoms in total. The average molecular weight is 332 g/mol. The molecule has 25 heavy (non-hydrogen) atoms. The van der Waals surface area contributed by atoms with Crippen LogP contribution in [0.1, 0.15) is 15.9 Å². The zero-order valence-electron chi connectivity index (χ0n) is 13.4. The van der Waals surface area contributed by atoms with Crippen molar-refractivity contribution in [3.05, 3.63) is 84.0 Å². The highest BCUT2D eigenvalue weighted by atomic mass is 16.2. The van der Waals surface area contributed by atoms with Crippen molar-refractivity contribution in [1.82, 2.24) is 5.32 Å². The number of nitrogens with one attached hydrogen (secondary N) is 1. The lowest BCUT2D eigenvalue weighted by atomic mass is 10.2. The van der Waals surface area contributed by atoms with E-state index in [0.717, 1.165) is 10.5 Å². The lowest BCUT2D eigenvalue weighted by Crippen LogP contribution is -2.29. The summed E-state index contributed by atoms with van der Waals surface area (Å²) in [5.41, 5.74) is 1.97. The maximum atomic E-state index is 12.1. The molecule has 0 saturated heterocycles. The predicted octanol–water partition coefficient (Wildman–Crippen LogP) is 2.56. The monoisotopic (exact) mass is 332 g/mol. The van der Waals surface area contributed by atoms with Crippen LogP contribution in [0.25, 0.3) is 6.08 Å². The molecule has 0 spiro atoms. The molecule has 3 rings (SSSR count). The second kappa shape index (κ2) is 7.40. The Kier molecular flexibility index (Phi) is 4.85. The summed E-state index contributed by atoms with van der Waals surface area (Å²) in [4.78, 5) is 36.4. The molecule has 0 fully saturated rings. The van der Waals surface area contributed by atoms with E-state index in [1.807, 2.05) is 42.5 Å². The van der Waals surface area contributed by atoms with E-state index in [4.69, 9.17) is 0 Å². The van der Waals surface area contributed by atoms with Crippen molar-refractivity contribution in [2.75, 3.05) is 11.4 Å². The van der Waals surface area contributed by atoms with E-state index in [1.54, 1.807) is 24.3 Å². The lowest BCUT2D eigenvalue weighted by molar-refractivity contribution is -0.119. The van der Waals surface area contributed by atoms with Gasteiger partial charge in [0.05, 0.1) is 5.69 Å². The summed E-state index contributed by atoms with van der Waals surface area (Å²) in [6.07, 6.45) is 6.25. The van der Waals surface area contributed by atoms with Gasteiger partial charge in [0.2, 0.25) is 0 Å². The summed E-state index contributed by atoms with van der Waals surface area (Å²) < 4.78 is 0. The van der Waals surface area contributed by atoms with Gasteiger partial charge in [0.25, 0.3) is 17.7 Å². The van der Waals surface area contributed by atoms with Gasteiger partial charge in [-0.05, 0) is 29.8 Å². The average Bonchev–Trinajstić information content (AvgIpc) is 2.98. The third-order valence-electron chi connectivity index (χ3n) is 3.69. The highest BCUT2D eigenvalue weighted by Gasteiger charge is 2.24. The Balaban J connectivity index is 1.57. The molecule has 124 valence electrons. The summed E-state index contributed by atoms with van der Waals surface area (Å²) >= 11 is 0. The Bertz CT molecular complexity index is 834. The van der Waals surface area contributed by atoms with Crippen LogP contribution in [0.3, 0.4) is 0 Å². The number of nitrogens with zero attached hydrogens (tertiary/aromatic N) is 1. The first-order chi connectivity index (χ1) is 12.1. The first-order valence-corrected chi connectivity index (χ1v) is 7.81. The molecule has 5 heteroatoms. The maximum Gasteiger partial charge on any atom is 0.258 e. The second-order valence-corrected chi connectivity index (χ2v) is 5.42. The van der Waals surface area contributed by atoms with Crippen LogP contribution >= 0.6 is 0 Å². The zero-order chi connectivity index (χ0) is 17.6. The van der Waals surface area contributed by atoms with Gasteiger partial charge in [0.15, 0.2) is 0 Å². The fourth-order valence-corrected chi connectivity index (χ4v) is 2.43. The van der Waals surface area contributed by atoms with Gasteiger partial charge in [-0.25, -0.2) is 4.90 Å². The predicted molar refractivity (Wildman–Crippen MR) is 95.9 cm³/mol. The van der Waals surface area contributed by atoms with Crippen molar-refractivity contribution < 1.29 is 14.4 Å². The lowest BCUT2D eigenvalue weighted by Gasteiger charge is -2.14. The summed E-state index contributed by atoms with van der Waals surface area (Å²) in [5, 5.41) is 2.79. The van der Waals surface area contributed by atoms with Crippen molar-refractivity contribution in [3.8, 4) is 0 Å². The van der Waals surface area contributed by atoms with Crippen LogP contribution in [0.15, 0.2) is 72.8 Å². The Hall–Kier alpha value is -3.47. The summed E-state index contributed by atoms with van der Waals surface area (Å²) in [7, 11) is 0. The summed E-state index contributed by atoms with van der Waals surface area (Å²) in [6.45, 7) is 0.405. The zero-order valence-corrected chi connectivity index (χ0v) is 13.4. The number of hydrogen-bond donors (Lipinski definition) is 1. The molecular weight excluding hydrogens is 316 g/mol. The first kappa shape index (κ1) is 16.4. The molecule has 1 aliphatic rings. The molecule has 3 amide bonds. The molecule has 0 radical (unpaired) electrons. The Labute approximate surface area is 145 Å². The van der Waals surface area contributed by atoms with E-state index in [9.17, 15) is 14.4 Å². The van der Waals surface area contributed by atoms with Gasteiger partial charge in [-0.3, -0.25) is 14.4 Å². The molecule has 0 unspecified atom stereocenters. The number of anilines is 1. The van der Waals surface area contributed by atoms with Crippen LogP contribution in [0.4, 0.5) is 5.69 Å². The summed E-state index contributed by atoms with van der Waals surface area (Å²) in [6, 6.07) is 16.1. The molecule has 1 N–H and O–H groups in total. The largest absolute Gasteiger partial charge is 0.349 e. The summed E-state index contributed by atoms with van der Waals surface area (Å²) in [5.74, 6) is -0.983. The number of rotatable bonds is 5. The van der Waals surface area contributed by atoms with Crippen molar-refractivity contribution in [2.45, 2.75) is 0 Å². The molecule has 0 saturated carbocycles. The molecular formula is C20H16N2O3. The van der Waals surface area contributed by atoms with Gasteiger partial charge >= 0.3 is 0 Å². The van der Waals surface area contributed by atoms with Crippen LogP contribution in [-0.4, -0.2) is 24.3 Å². The topological polar surface area (TPSA) is 66.5 Å². The number of hydrogen-bond acceptors (Lipinski definition) is 3. The van der Waals surface area contributed by atoms with E-state index >= 15 is 0 Å². The number of carbonyl (C=O) groups is 3. The normalized spacial score (nSPS) is 13.7. The van der Waals surface area contributed by atoms with Crippen LogP contribution < -0.4 is 10.2 Å². The Morgan fingerprint density at radius 1 is 0.920 bits per heavy atom. The van der Waals surface area contributed by atoms with E-state index in [0.29, 0.717) is 17.8 Å². The van der Waals surface area contributed by atoms with Crippen molar-refractivity contribution >= 4 is 29.5 Å². The fraction of sp³-hybridized carbons (Fsp3) is 0.0500. The van der Waals surface area contributed by atoms with E-state index in [2.05, 4.69) is 5.32 Å². The van der Waals surface area contributed by atoms with Crippen molar-refractivity contribution in [3.63, 3.8) is 0 Å². The van der Waals surface area contributed by atoms with E-state index < -0.39 is 0 Å². The first-order valence-electron chi connectivity index (χ1n) is 7.81. The number of amides is 3. The molecule has 0 aromatic heterocycles. The van der Waals surface area contributed by atoms with Gasteiger partial charge in [-0.2, -0.15) is 0 Å².